The molecule has 0 aliphatic rings. The molecule has 0 aromatic heterocycles. The molecule has 0 aliphatic heterocycles. The molecule has 0 N–H and O–H groups in total. The van der Waals surface area contributed by atoms with Crippen molar-refractivity contribution in [1.82, 2.24) is 0 Å². The third kappa shape index (κ3) is 2.69. The molecule has 0 unspecified atom stereocenters. The molecule has 0 amide bonds. The summed E-state index contributed by atoms with van der Waals surface area (Å²) in [5, 5.41) is 0. The second-order valence-corrected chi connectivity index (χ2v) is 6.30. The zero-order valence-corrected chi connectivity index (χ0v) is 13.6. The van der Waals surface area contributed by atoms with E-state index < -0.39 is 0 Å². The van der Waals surface area contributed by atoms with E-state index in [1.54, 1.807) is 0 Å². The van der Waals surface area contributed by atoms with E-state index in [0.29, 0.717) is 0 Å². The van der Waals surface area contributed by atoms with Crippen LogP contribution in [0.1, 0.15) is 16.7 Å². The van der Waals surface area contributed by atoms with Gasteiger partial charge in [-0.3, -0.25) is 0 Å². The Morgan fingerprint density at radius 3 is 1.18 bits per heavy atom. The van der Waals surface area contributed by atoms with E-state index in [1.165, 1.54) is 16.7 Å². The van der Waals surface area contributed by atoms with E-state index in [1.807, 2.05) is 11.8 Å². The van der Waals surface area contributed by atoms with Gasteiger partial charge in [0.15, 0.2) is 0 Å². The molecular weight excluding hydrogens is 284 g/mol. The van der Waals surface area contributed by atoms with E-state index in [2.05, 4.69) is 97.3 Å². The fraction of sp³-hybridized carbons (Fsp3) is 0.143. The van der Waals surface area contributed by atoms with Gasteiger partial charge in [0.2, 0.25) is 0 Å². The largest absolute Gasteiger partial charge is 0.164 e. The lowest BCUT2D eigenvalue weighted by Gasteiger charge is -2.35. The number of benzene rings is 3. The molecule has 110 valence electrons. The van der Waals surface area contributed by atoms with E-state index in [4.69, 9.17) is 0 Å². The zero-order valence-electron chi connectivity index (χ0n) is 12.8. The maximum Gasteiger partial charge on any atom is 0.0541 e. The number of thioether (sulfide) groups is 1. The van der Waals surface area contributed by atoms with Crippen molar-refractivity contribution >= 4 is 11.8 Å². The fourth-order valence-corrected chi connectivity index (χ4v) is 4.07. The molecule has 0 radical (unpaired) electrons. The maximum atomic E-state index is 2.25. The molecule has 0 atom stereocenters. The van der Waals surface area contributed by atoms with Crippen molar-refractivity contribution in [3.8, 4) is 0 Å². The summed E-state index contributed by atoms with van der Waals surface area (Å²) in [6, 6.07) is 32.5. The Bertz CT molecular complexity index is 593. The Morgan fingerprint density at radius 1 is 0.591 bits per heavy atom. The average Bonchev–Trinajstić information content (AvgIpc) is 2.62. The molecule has 0 aliphatic carbocycles. The van der Waals surface area contributed by atoms with Gasteiger partial charge in [0, 0.05) is 5.75 Å². The first kappa shape index (κ1) is 14.9. The molecule has 3 rings (SSSR count). The van der Waals surface area contributed by atoms with E-state index in [9.17, 15) is 0 Å². The van der Waals surface area contributed by atoms with Crippen LogP contribution >= 0.6 is 11.8 Å². The maximum absolute atomic E-state index is 2.25. The van der Waals surface area contributed by atoms with Crippen LogP contribution in [0.25, 0.3) is 0 Å². The Hall–Kier alpha value is -1.99. The number of hydrogen-bond acceptors (Lipinski definition) is 1. The molecule has 1 heteroatoms. The Labute approximate surface area is 137 Å². The minimum absolute atomic E-state index is 0.108. The lowest BCUT2D eigenvalue weighted by Crippen LogP contribution is -2.32. The molecule has 0 saturated heterocycles. The summed E-state index contributed by atoms with van der Waals surface area (Å²) in [5.41, 5.74) is 3.94. The van der Waals surface area contributed by atoms with Crippen molar-refractivity contribution in [2.75, 3.05) is 12.0 Å². The van der Waals surface area contributed by atoms with Crippen LogP contribution in [-0.4, -0.2) is 12.0 Å². The molecule has 0 bridgehead atoms. The van der Waals surface area contributed by atoms with E-state index in [-0.39, 0.29) is 5.41 Å². The van der Waals surface area contributed by atoms with Crippen molar-refractivity contribution in [1.29, 1.82) is 0 Å². The van der Waals surface area contributed by atoms with Gasteiger partial charge in [0.1, 0.15) is 0 Å². The van der Waals surface area contributed by atoms with Crippen LogP contribution in [-0.2, 0) is 5.41 Å². The van der Waals surface area contributed by atoms with Crippen LogP contribution in [0.15, 0.2) is 91.0 Å². The first-order chi connectivity index (χ1) is 10.9. The number of hydrogen-bond donors (Lipinski definition) is 0. The van der Waals surface area contributed by atoms with Crippen LogP contribution in [0.2, 0.25) is 0 Å². The topological polar surface area (TPSA) is 0 Å². The van der Waals surface area contributed by atoms with Gasteiger partial charge in [-0.05, 0) is 22.9 Å². The molecule has 3 aromatic rings. The van der Waals surface area contributed by atoms with E-state index >= 15 is 0 Å². The van der Waals surface area contributed by atoms with Crippen molar-refractivity contribution in [3.63, 3.8) is 0 Å². The summed E-state index contributed by atoms with van der Waals surface area (Å²) in [7, 11) is 0. The first-order valence-electron chi connectivity index (χ1n) is 7.53. The standard InChI is InChI=1S/C21H20S/c1-22-17-21(18-11-5-2-6-12-18,19-13-7-3-8-14-19)20-15-9-4-10-16-20/h2-16H,17H2,1H3. The molecule has 3 aromatic carbocycles. The number of rotatable bonds is 5. The molecule has 0 saturated carbocycles. The molecular formula is C21H20S. The van der Waals surface area contributed by atoms with Gasteiger partial charge in [-0.2, -0.15) is 11.8 Å². The van der Waals surface area contributed by atoms with Gasteiger partial charge in [-0.1, -0.05) is 91.0 Å². The quantitative estimate of drug-likeness (QED) is 0.570. The van der Waals surface area contributed by atoms with Crippen LogP contribution in [0.3, 0.4) is 0 Å². The van der Waals surface area contributed by atoms with Crippen molar-refractivity contribution in [2.24, 2.45) is 0 Å². The summed E-state index contributed by atoms with van der Waals surface area (Å²) in [6.45, 7) is 0. The zero-order chi connectivity index (χ0) is 15.3. The fourth-order valence-electron chi connectivity index (χ4n) is 3.13. The Morgan fingerprint density at radius 2 is 0.909 bits per heavy atom. The third-order valence-corrected chi connectivity index (χ3v) is 4.88. The van der Waals surface area contributed by atoms with Gasteiger partial charge in [-0.25, -0.2) is 0 Å². The summed E-state index contributed by atoms with van der Waals surface area (Å²) >= 11 is 1.89. The van der Waals surface area contributed by atoms with Crippen LogP contribution < -0.4 is 0 Å². The lowest BCUT2D eigenvalue weighted by molar-refractivity contribution is 0.706. The third-order valence-electron chi connectivity index (χ3n) is 4.16. The van der Waals surface area contributed by atoms with Gasteiger partial charge >= 0.3 is 0 Å². The summed E-state index contributed by atoms with van der Waals surface area (Å²) < 4.78 is 0. The lowest BCUT2D eigenvalue weighted by atomic mass is 9.71. The van der Waals surface area contributed by atoms with Crippen molar-refractivity contribution < 1.29 is 0 Å². The average molecular weight is 304 g/mol. The molecule has 0 spiro atoms. The molecule has 22 heavy (non-hydrogen) atoms. The monoisotopic (exact) mass is 304 g/mol. The predicted molar refractivity (Wildman–Crippen MR) is 97.6 cm³/mol. The predicted octanol–water partition coefficient (Wildman–Crippen LogP) is 5.38. The highest BCUT2D eigenvalue weighted by atomic mass is 32.2. The van der Waals surface area contributed by atoms with Gasteiger partial charge in [0.05, 0.1) is 5.41 Å². The van der Waals surface area contributed by atoms with E-state index in [0.717, 1.165) is 5.75 Å². The first-order valence-corrected chi connectivity index (χ1v) is 8.93. The summed E-state index contributed by atoms with van der Waals surface area (Å²) in [5.74, 6) is 1.02. The van der Waals surface area contributed by atoms with Gasteiger partial charge in [0.25, 0.3) is 0 Å². The normalized spacial score (nSPS) is 11.3. The van der Waals surface area contributed by atoms with Gasteiger partial charge in [-0.15, -0.1) is 0 Å². The molecule has 0 heterocycles. The van der Waals surface area contributed by atoms with Crippen molar-refractivity contribution in [2.45, 2.75) is 5.41 Å². The highest BCUT2D eigenvalue weighted by Crippen LogP contribution is 2.41. The van der Waals surface area contributed by atoms with Crippen LogP contribution in [0.4, 0.5) is 0 Å². The molecule has 0 fully saturated rings. The molecule has 0 nitrogen and oxygen atoms in total. The Balaban J connectivity index is 2.29. The second-order valence-electron chi connectivity index (χ2n) is 5.44. The van der Waals surface area contributed by atoms with Crippen LogP contribution in [0.5, 0.6) is 0 Å². The minimum Gasteiger partial charge on any atom is -0.164 e. The van der Waals surface area contributed by atoms with Crippen LogP contribution in [0, 0.1) is 0 Å². The SMILES string of the molecule is CSCC(c1ccccc1)(c1ccccc1)c1ccccc1. The smallest absolute Gasteiger partial charge is 0.0541 e. The highest BCUT2D eigenvalue weighted by molar-refractivity contribution is 7.98. The second kappa shape index (κ2) is 6.85. The van der Waals surface area contributed by atoms with Crippen molar-refractivity contribution in [3.05, 3.63) is 108 Å². The van der Waals surface area contributed by atoms with Gasteiger partial charge < -0.3 is 0 Å². The highest BCUT2D eigenvalue weighted by Gasteiger charge is 2.35. The summed E-state index contributed by atoms with van der Waals surface area (Å²) in [4.78, 5) is 0. The summed E-state index contributed by atoms with van der Waals surface area (Å²) in [6.07, 6.45) is 2.18. The minimum atomic E-state index is -0.108. The Kier molecular flexibility index (Phi) is 4.65.